The normalized spacial score (nSPS) is 12.0. The molecular weight excluding hydrogens is 462 g/mol. The van der Waals surface area contributed by atoms with Crippen molar-refractivity contribution < 1.29 is 19.4 Å². The summed E-state index contributed by atoms with van der Waals surface area (Å²) < 4.78 is 5.32. The summed E-state index contributed by atoms with van der Waals surface area (Å²) in [6.07, 6.45) is 1.09. The molecule has 0 aliphatic heterocycles. The van der Waals surface area contributed by atoms with Crippen LogP contribution < -0.4 is 5.32 Å². The molecule has 0 aliphatic rings. The molecular formula is C32H33NO4. The maximum atomic E-state index is 13.9. The van der Waals surface area contributed by atoms with Crippen molar-refractivity contribution in [2.24, 2.45) is 5.92 Å². The van der Waals surface area contributed by atoms with Crippen LogP contribution >= 0.6 is 0 Å². The van der Waals surface area contributed by atoms with Gasteiger partial charge in [0.2, 0.25) is 5.91 Å². The lowest BCUT2D eigenvalue weighted by Gasteiger charge is -2.22. The van der Waals surface area contributed by atoms with Gasteiger partial charge in [-0.1, -0.05) is 86.6 Å². The van der Waals surface area contributed by atoms with Crippen LogP contribution in [-0.4, -0.2) is 24.1 Å². The zero-order valence-electron chi connectivity index (χ0n) is 21.5. The molecule has 0 heterocycles. The summed E-state index contributed by atoms with van der Waals surface area (Å²) in [5.74, 6) is -1.06. The number of fused-ring (bicyclic) bond motifs is 1. The summed E-state index contributed by atoms with van der Waals surface area (Å²) >= 11 is 0. The van der Waals surface area contributed by atoms with Gasteiger partial charge in [0.25, 0.3) is 0 Å². The number of nitrogens with one attached hydrogen (secondary N) is 1. The van der Waals surface area contributed by atoms with Crippen LogP contribution in [0.3, 0.4) is 0 Å². The standard InChI is InChI=1S/C32H33NO4/c1-21(2)17-29(28-14-8-11-23-9-4-6-12-26(23)28)31(34)33-30-18-22(20-37-3)15-16-25(30)19-24-10-5-7-13-27(24)32(35)36/h4-16,18,21,29H,17,19-20H2,1-3H3,(H,33,34)(H,35,36). The Morgan fingerprint density at radius 2 is 1.62 bits per heavy atom. The van der Waals surface area contributed by atoms with E-state index < -0.39 is 5.97 Å². The molecule has 1 atom stereocenters. The molecule has 0 saturated heterocycles. The summed E-state index contributed by atoms with van der Waals surface area (Å²) in [5.41, 5.74) is 4.41. The van der Waals surface area contributed by atoms with Crippen LogP contribution in [0.25, 0.3) is 10.8 Å². The van der Waals surface area contributed by atoms with Crippen molar-refractivity contribution in [3.05, 3.63) is 113 Å². The number of anilines is 1. The molecule has 2 N–H and O–H groups in total. The van der Waals surface area contributed by atoms with Gasteiger partial charge in [0.1, 0.15) is 0 Å². The number of carboxylic acid groups (broad SMARTS) is 1. The lowest BCUT2D eigenvalue weighted by atomic mass is 9.86. The molecule has 1 unspecified atom stereocenters. The van der Waals surface area contributed by atoms with Gasteiger partial charge in [0.05, 0.1) is 18.1 Å². The van der Waals surface area contributed by atoms with Crippen molar-refractivity contribution in [2.45, 2.75) is 39.2 Å². The van der Waals surface area contributed by atoms with E-state index in [4.69, 9.17) is 4.74 Å². The van der Waals surface area contributed by atoms with Crippen LogP contribution in [0.1, 0.15) is 58.8 Å². The lowest BCUT2D eigenvalue weighted by molar-refractivity contribution is -0.117. The number of ether oxygens (including phenoxy) is 1. The Morgan fingerprint density at radius 3 is 2.38 bits per heavy atom. The number of carbonyl (C=O) groups is 2. The smallest absolute Gasteiger partial charge is 0.335 e. The minimum Gasteiger partial charge on any atom is -0.478 e. The number of methoxy groups -OCH3 is 1. The van der Waals surface area contributed by atoms with E-state index in [0.717, 1.165) is 27.5 Å². The van der Waals surface area contributed by atoms with Crippen LogP contribution in [0.4, 0.5) is 5.69 Å². The predicted molar refractivity (Wildman–Crippen MR) is 148 cm³/mol. The summed E-state index contributed by atoms with van der Waals surface area (Å²) in [6, 6.07) is 27.0. The highest BCUT2D eigenvalue weighted by Crippen LogP contribution is 2.32. The van der Waals surface area contributed by atoms with Gasteiger partial charge in [-0.05, 0) is 57.5 Å². The minimum atomic E-state index is -0.967. The van der Waals surface area contributed by atoms with E-state index in [0.29, 0.717) is 36.6 Å². The summed E-state index contributed by atoms with van der Waals surface area (Å²) in [6.45, 7) is 4.66. The van der Waals surface area contributed by atoms with Crippen molar-refractivity contribution in [1.82, 2.24) is 0 Å². The Morgan fingerprint density at radius 1 is 0.892 bits per heavy atom. The molecule has 0 saturated carbocycles. The lowest BCUT2D eigenvalue weighted by Crippen LogP contribution is -2.23. The van der Waals surface area contributed by atoms with Crippen LogP contribution in [0.2, 0.25) is 0 Å². The third-order valence-corrected chi connectivity index (χ3v) is 6.59. The Kier molecular flexibility index (Phi) is 8.36. The topological polar surface area (TPSA) is 75.6 Å². The van der Waals surface area contributed by atoms with Gasteiger partial charge >= 0.3 is 5.97 Å². The van der Waals surface area contributed by atoms with Gasteiger partial charge in [-0.3, -0.25) is 4.79 Å². The largest absolute Gasteiger partial charge is 0.478 e. The summed E-state index contributed by atoms with van der Waals surface area (Å²) in [4.78, 5) is 25.7. The third-order valence-electron chi connectivity index (χ3n) is 6.59. The first-order valence-corrected chi connectivity index (χ1v) is 12.6. The zero-order chi connectivity index (χ0) is 26.4. The molecule has 0 bridgehead atoms. The van der Waals surface area contributed by atoms with Crippen LogP contribution in [0.15, 0.2) is 84.9 Å². The van der Waals surface area contributed by atoms with E-state index in [9.17, 15) is 14.7 Å². The number of rotatable bonds is 10. The van der Waals surface area contributed by atoms with Crippen molar-refractivity contribution in [3.8, 4) is 0 Å². The summed E-state index contributed by atoms with van der Waals surface area (Å²) in [7, 11) is 1.63. The molecule has 0 spiro atoms. The first kappa shape index (κ1) is 26.1. The Hall–Kier alpha value is -3.96. The molecule has 0 fully saturated rings. The van der Waals surface area contributed by atoms with Gasteiger partial charge in [-0.2, -0.15) is 0 Å². The van der Waals surface area contributed by atoms with E-state index in [1.165, 1.54) is 0 Å². The predicted octanol–water partition coefficient (Wildman–Crippen LogP) is 7.04. The van der Waals surface area contributed by atoms with Crippen molar-refractivity contribution in [2.75, 3.05) is 12.4 Å². The molecule has 4 rings (SSSR count). The Bertz CT molecular complexity index is 1400. The number of amides is 1. The number of carbonyl (C=O) groups excluding carboxylic acids is 1. The molecule has 0 radical (unpaired) electrons. The number of carboxylic acids is 1. The molecule has 0 aliphatic carbocycles. The number of hydrogen-bond donors (Lipinski definition) is 2. The fourth-order valence-electron chi connectivity index (χ4n) is 4.86. The van der Waals surface area contributed by atoms with Gasteiger partial charge in [-0.15, -0.1) is 0 Å². The van der Waals surface area contributed by atoms with Gasteiger partial charge in [0.15, 0.2) is 0 Å². The average molecular weight is 496 g/mol. The van der Waals surface area contributed by atoms with Crippen molar-refractivity contribution in [3.63, 3.8) is 0 Å². The van der Waals surface area contributed by atoms with E-state index in [1.54, 1.807) is 19.2 Å². The fourth-order valence-corrected chi connectivity index (χ4v) is 4.86. The van der Waals surface area contributed by atoms with Crippen LogP contribution in [0, 0.1) is 5.92 Å². The molecule has 37 heavy (non-hydrogen) atoms. The minimum absolute atomic E-state index is 0.0765. The highest BCUT2D eigenvalue weighted by atomic mass is 16.5. The second kappa shape index (κ2) is 11.8. The third kappa shape index (κ3) is 6.25. The molecule has 5 heteroatoms. The first-order valence-electron chi connectivity index (χ1n) is 12.6. The molecule has 4 aromatic carbocycles. The van der Waals surface area contributed by atoms with E-state index >= 15 is 0 Å². The maximum absolute atomic E-state index is 13.9. The number of benzene rings is 4. The SMILES string of the molecule is COCc1ccc(Cc2ccccc2C(=O)O)c(NC(=O)C(CC(C)C)c2cccc3ccccc23)c1. The quantitative estimate of drug-likeness (QED) is 0.247. The van der Waals surface area contributed by atoms with Crippen molar-refractivity contribution >= 4 is 28.3 Å². The van der Waals surface area contributed by atoms with Gasteiger partial charge < -0.3 is 15.2 Å². The highest BCUT2D eigenvalue weighted by Gasteiger charge is 2.25. The fraction of sp³-hybridized carbons (Fsp3) is 0.250. The van der Waals surface area contributed by atoms with E-state index in [2.05, 4.69) is 37.4 Å². The molecule has 1 amide bonds. The Balaban J connectivity index is 1.72. The summed E-state index contributed by atoms with van der Waals surface area (Å²) in [5, 5.41) is 15.0. The average Bonchev–Trinajstić information content (AvgIpc) is 2.88. The monoisotopic (exact) mass is 495 g/mol. The van der Waals surface area contributed by atoms with E-state index in [-0.39, 0.29) is 17.4 Å². The van der Waals surface area contributed by atoms with Crippen LogP contribution in [0.5, 0.6) is 0 Å². The molecule has 4 aromatic rings. The second-order valence-electron chi connectivity index (χ2n) is 9.80. The van der Waals surface area contributed by atoms with Gasteiger partial charge in [0, 0.05) is 19.2 Å². The van der Waals surface area contributed by atoms with E-state index in [1.807, 2.05) is 54.6 Å². The number of hydrogen-bond acceptors (Lipinski definition) is 3. The zero-order valence-corrected chi connectivity index (χ0v) is 21.5. The maximum Gasteiger partial charge on any atom is 0.335 e. The van der Waals surface area contributed by atoms with Crippen LogP contribution in [-0.2, 0) is 22.6 Å². The van der Waals surface area contributed by atoms with Gasteiger partial charge in [-0.25, -0.2) is 4.79 Å². The Labute approximate surface area is 218 Å². The highest BCUT2D eigenvalue weighted by molar-refractivity contribution is 6.00. The second-order valence-corrected chi connectivity index (χ2v) is 9.80. The molecule has 5 nitrogen and oxygen atoms in total. The molecule has 190 valence electrons. The molecule has 0 aromatic heterocycles. The number of aromatic carboxylic acids is 1. The first-order chi connectivity index (χ1) is 17.9. The van der Waals surface area contributed by atoms with Crippen molar-refractivity contribution in [1.29, 1.82) is 0 Å².